The van der Waals surface area contributed by atoms with E-state index in [1.54, 1.807) is 0 Å². The van der Waals surface area contributed by atoms with E-state index in [2.05, 4.69) is 24.3 Å². The monoisotopic (exact) mass is 253 g/mol. The molecule has 2 heteroatoms. The van der Waals surface area contributed by atoms with Crippen molar-refractivity contribution in [3.05, 3.63) is 47.5 Å². The molecule has 0 N–H and O–H groups in total. The minimum atomic E-state index is 0.169. The van der Waals surface area contributed by atoms with Crippen LogP contribution in [0.25, 0.3) is 0 Å². The van der Waals surface area contributed by atoms with Gasteiger partial charge in [0.05, 0.1) is 6.07 Å². The van der Waals surface area contributed by atoms with Crippen molar-refractivity contribution >= 4 is 5.78 Å². The summed E-state index contributed by atoms with van der Waals surface area (Å²) < 4.78 is 0. The molecular formula is C17H19NO. The van der Waals surface area contributed by atoms with E-state index in [0.29, 0.717) is 12.8 Å². The van der Waals surface area contributed by atoms with Crippen LogP contribution in [0.4, 0.5) is 0 Å². The van der Waals surface area contributed by atoms with Gasteiger partial charge in [0, 0.05) is 18.8 Å². The molecule has 98 valence electrons. The number of carbonyl (C=O) groups is 1. The summed E-state index contributed by atoms with van der Waals surface area (Å²) in [5.41, 5.74) is 2.16. The highest BCUT2D eigenvalue weighted by Gasteiger charge is 2.23. The highest BCUT2D eigenvalue weighted by atomic mass is 16.1. The fourth-order valence-electron chi connectivity index (χ4n) is 2.69. The molecule has 0 aromatic heterocycles. The lowest BCUT2D eigenvalue weighted by molar-refractivity contribution is -0.116. The van der Waals surface area contributed by atoms with E-state index in [-0.39, 0.29) is 11.7 Å². The van der Waals surface area contributed by atoms with Crippen molar-refractivity contribution in [1.82, 2.24) is 0 Å². The Bertz CT molecular complexity index is 496. The molecule has 0 spiro atoms. The lowest BCUT2D eigenvalue weighted by atomic mass is 9.81. The Morgan fingerprint density at radius 3 is 2.74 bits per heavy atom. The predicted octanol–water partition coefficient (Wildman–Crippen LogP) is 4.14. The van der Waals surface area contributed by atoms with Gasteiger partial charge < -0.3 is 0 Å². The molecule has 0 bridgehead atoms. The van der Waals surface area contributed by atoms with Crippen LogP contribution in [0.1, 0.15) is 50.0 Å². The lowest BCUT2D eigenvalue weighted by Crippen LogP contribution is -2.15. The number of hydrogen-bond acceptors (Lipinski definition) is 2. The average Bonchev–Trinajstić information content (AvgIpc) is 2.46. The Morgan fingerprint density at radius 2 is 2.05 bits per heavy atom. The Labute approximate surface area is 114 Å². The van der Waals surface area contributed by atoms with Crippen LogP contribution >= 0.6 is 0 Å². The van der Waals surface area contributed by atoms with Crippen LogP contribution in [0.2, 0.25) is 0 Å². The molecule has 0 fully saturated rings. The SMILES string of the molecule is N#CCCCC(C1=CCCCC1=O)c1ccccc1. The number of Topliss-reactive ketones (excluding diaryl/α,β-unsaturated/α-hetero) is 1. The second kappa shape index (κ2) is 6.89. The van der Waals surface area contributed by atoms with Crippen molar-refractivity contribution < 1.29 is 4.79 Å². The number of ketones is 1. The number of carbonyl (C=O) groups excluding carboxylic acids is 1. The van der Waals surface area contributed by atoms with Gasteiger partial charge in [-0.05, 0) is 36.8 Å². The Hall–Kier alpha value is -1.88. The third kappa shape index (κ3) is 3.54. The van der Waals surface area contributed by atoms with Gasteiger partial charge in [-0.1, -0.05) is 36.4 Å². The second-order valence-corrected chi connectivity index (χ2v) is 4.99. The highest BCUT2D eigenvalue weighted by Crippen LogP contribution is 2.33. The van der Waals surface area contributed by atoms with Gasteiger partial charge in [0.15, 0.2) is 5.78 Å². The predicted molar refractivity (Wildman–Crippen MR) is 75.6 cm³/mol. The summed E-state index contributed by atoms with van der Waals surface area (Å²) in [7, 11) is 0. The first-order valence-electron chi connectivity index (χ1n) is 6.98. The van der Waals surface area contributed by atoms with Crippen molar-refractivity contribution in [2.24, 2.45) is 0 Å². The molecule has 0 heterocycles. The molecule has 1 unspecified atom stereocenters. The standard InChI is InChI=1S/C17H19NO/c18-13-7-6-10-15(14-8-2-1-3-9-14)16-11-4-5-12-17(16)19/h1-3,8-9,11,15H,4-7,10,12H2. The third-order valence-corrected chi connectivity index (χ3v) is 3.65. The van der Waals surface area contributed by atoms with E-state index >= 15 is 0 Å². The van der Waals surface area contributed by atoms with Crippen LogP contribution < -0.4 is 0 Å². The van der Waals surface area contributed by atoms with Gasteiger partial charge in [-0.2, -0.15) is 5.26 Å². The summed E-state index contributed by atoms with van der Waals surface area (Å²) in [6, 6.07) is 12.4. The molecule has 0 saturated carbocycles. The summed E-state index contributed by atoms with van der Waals surface area (Å²) in [6.45, 7) is 0. The van der Waals surface area contributed by atoms with Crippen molar-refractivity contribution in [3.8, 4) is 6.07 Å². The zero-order chi connectivity index (χ0) is 13.5. The average molecular weight is 253 g/mol. The van der Waals surface area contributed by atoms with Gasteiger partial charge in [-0.3, -0.25) is 4.79 Å². The van der Waals surface area contributed by atoms with Crippen LogP contribution in [0.15, 0.2) is 42.0 Å². The highest BCUT2D eigenvalue weighted by molar-refractivity contribution is 5.97. The van der Waals surface area contributed by atoms with Crippen LogP contribution in [-0.2, 0) is 4.79 Å². The van der Waals surface area contributed by atoms with Crippen LogP contribution in [0, 0.1) is 11.3 Å². The van der Waals surface area contributed by atoms with Crippen molar-refractivity contribution in [3.63, 3.8) is 0 Å². The smallest absolute Gasteiger partial charge is 0.159 e. The van der Waals surface area contributed by atoms with Crippen LogP contribution in [-0.4, -0.2) is 5.78 Å². The van der Waals surface area contributed by atoms with Crippen LogP contribution in [0.3, 0.4) is 0 Å². The number of allylic oxidation sites excluding steroid dienone is 2. The van der Waals surface area contributed by atoms with Crippen molar-refractivity contribution in [1.29, 1.82) is 5.26 Å². The quantitative estimate of drug-likeness (QED) is 0.740. The normalized spacial score (nSPS) is 16.6. The second-order valence-electron chi connectivity index (χ2n) is 4.99. The number of unbranched alkanes of at least 4 members (excludes halogenated alkanes) is 1. The molecule has 1 aromatic carbocycles. The summed E-state index contributed by atoms with van der Waals surface area (Å²) in [6.07, 6.45) is 7.05. The first-order chi connectivity index (χ1) is 9.33. The summed E-state index contributed by atoms with van der Waals surface area (Å²) in [4.78, 5) is 12.1. The topological polar surface area (TPSA) is 40.9 Å². The molecular weight excluding hydrogens is 234 g/mol. The zero-order valence-corrected chi connectivity index (χ0v) is 11.1. The largest absolute Gasteiger partial charge is 0.295 e. The maximum atomic E-state index is 12.1. The molecule has 0 aliphatic heterocycles. The van der Waals surface area contributed by atoms with Crippen molar-refractivity contribution in [2.75, 3.05) is 0 Å². The van der Waals surface area contributed by atoms with E-state index in [0.717, 1.165) is 31.3 Å². The number of hydrogen-bond donors (Lipinski definition) is 0. The molecule has 1 aliphatic rings. The fraction of sp³-hybridized carbons (Fsp3) is 0.412. The van der Waals surface area contributed by atoms with Gasteiger partial charge >= 0.3 is 0 Å². The minimum Gasteiger partial charge on any atom is -0.295 e. The molecule has 1 aromatic rings. The number of nitrogens with zero attached hydrogens (tertiary/aromatic N) is 1. The molecule has 1 aliphatic carbocycles. The molecule has 1 atom stereocenters. The fourth-order valence-corrected chi connectivity index (χ4v) is 2.69. The lowest BCUT2D eigenvalue weighted by Gasteiger charge is -2.22. The molecule has 2 nitrogen and oxygen atoms in total. The van der Waals surface area contributed by atoms with E-state index in [1.165, 1.54) is 5.56 Å². The molecule has 0 saturated heterocycles. The Balaban J connectivity index is 2.21. The third-order valence-electron chi connectivity index (χ3n) is 3.65. The van der Waals surface area contributed by atoms with Crippen LogP contribution in [0.5, 0.6) is 0 Å². The summed E-state index contributed by atoms with van der Waals surface area (Å²) in [5.74, 6) is 0.458. The van der Waals surface area contributed by atoms with Crippen molar-refractivity contribution in [2.45, 2.75) is 44.4 Å². The Morgan fingerprint density at radius 1 is 1.26 bits per heavy atom. The Kier molecular flexibility index (Phi) is 4.92. The van der Waals surface area contributed by atoms with Gasteiger partial charge in [0.2, 0.25) is 0 Å². The van der Waals surface area contributed by atoms with E-state index in [4.69, 9.17) is 5.26 Å². The van der Waals surface area contributed by atoms with E-state index in [1.807, 2.05) is 18.2 Å². The number of rotatable bonds is 5. The number of benzene rings is 1. The molecule has 19 heavy (non-hydrogen) atoms. The molecule has 0 radical (unpaired) electrons. The molecule has 2 rings (SSSR count). The van der Waals surface area contributed by atoms with Gasteiger partial charge in [0.1, 0.15) is 0 Å². The maximum absolute atomic E-state index is 12.1. The first kappa shape index (κ1) is 13.5. The maximum Gasteiger partial charge on any atom is 0.159 e. The van der Waals surface area contributed by atoms with E-state index < -0.39 is 0 Å². The van der Waals surface area contributed by atoms with E-state index in [9.17, 15) is 4.79 Å². The summed E-state index contributed by atoms with van der Waals surface area (Å²) >= 11 is 0. The number of nitriles is 1. The van der Waals surface area contributed by atoms with Gasteiger partial charge in [-0.25, -0.2) is 0 Å². The summed E-state index contributed by atoms with van der Waals surface area (Å²) in [5, 5.41) is 8.68. The van der Waals surface area contributed by atoms with Gasteiger partial charge in [-0.15, -0.1) is 0 Å². The first-order valence-corrected chi connectivity index (χ1v) is 6.98. The zero-order valence-electron chi connectivity index (χ0n) is 11.1. The molecule has 0 amide bonds. The van der Waals surface area contributed by atoms with Gasteiger partial charge in [0.25, 0.3) is 0 Å². The minimum absolute atomic E-state index is 0.169.